The van der Waals surface area contributed by atoms with Crippen molar-refractivity contribution < 1.29 is 29.2 Å². The third-order valence-corrected chi connectivity index (χ3v) is 7.58. The minimum atomic E-state index is -2.39. The quantitative estimate of drug-likeness (QED) is 0.114. The molecule has 0 saturated carbocycles. The van der Waals surface area contributed by atoms with Crippen LogP contribution in [0.3, 0.4) is 0 Å². The van der Waals surface area contributed by atoms with Gasteiger partial charge in [0.05, 0.1) is 26.7 Å². The van der Waals surface area contributed by atoms with Crippen molar-refractivity contribution in [2.24, 2.45) is 0 Å². The number of ether oxygens (including phenoxy) is 2. The zero-order valence-corrected chi connectivity index (χ0v) is 24.8. The van der Waals surface area contributed by atoms with Crippen LogP contribution in [0.2, 0.25) is 0 Å². The highest BCUT2D eigenvalue weighted by Crippen LogP contribution is 2.41. The summed E-state index contributed by atoms with van der Waals surface area (Å²) in [5, 5.41) is 35.1. The van der Waals surface area contributed by atoms with Gasteiger partial charge in [0.2, 0.25) is 11.8 Å². The summed E-state index contributed by atoms with van der Waals surface area (Å²) in [5.74, 6) is 2.97. The first-order valence-corrected chi connectivity index (χ1v) is 14.3. The number of nitrogens with one attached hydrogen (secondary N) is 1. The van der Waals surface area contributed by atoms with E-state index in [1.165, 1.54) is 6.33 Å². The number of hydrogen-bond acceptors (Lipinski definition) is 9. The molecule has 3 atom stereocenters. The number of imidazole rings is 1. The van der Waals surface area contributed by atoms with Gasteiger partial charge in [-0.1, -0.05) is 78.7 Å². The molecule has 2 heterocycles. The molecule has 5 rings (SSSR count). The lowest BCUT2D eigenvalue weighted by atomic mass is 9.77. The van der Waals surface area contributed by atoms with Crippen LogP contribution in [0, 0.1) is 12.3 Å². The van der Waals surface area contributed by atoms with Gasteiger partial charge in [0.1, 0.15) is 17.5 Å². The summed E-state index contributed by atoms with van der Waals surface area (Å²) in [5.41, 5.74) is -0.586. The Morgan fingerprint density at radius 3 is 2.11 bits per heavy atom. The van der Waals surface area contributed by atoms with Crippen LogP contribution in [0.4, 0.5) is 10.3 Å². The van der Waals surface area contributed by atoms with Crippen LogP contribution in [0.15, 0.2) is 91.3 Å². The first kappa shape index (κ1) is 31.4. The number of halogens is 1. The lowest BCUT2D eigenvalue weighted by Gasteiger charge is -2.37. The zero-order chi connectivity index (χ0) is 32.0. The van der Waals surface area contributed by atoms with E-state index in [0.29, 0.717) is 5.75 Å². The number of anilines is 1. The second kappa shape index (κ2) is 13.3. The van der Waals surface area contributed by atoms with Gasteiger partial charge in [-0.3, -0.25) is 4.57 Å². The molecule has 232 valence electrons. The Bertz CT molecular complexity index is 1720. The number of methoxy groups -OCH3 is 1. The first-order valence-electron chi connectivity index (χ1n) is 14.3. The van der Waals surface area contributed by atoms with Crippen molar-refractivity contribution in [2.45, 2.75) is 36.9 Å². The van der Waals surface area contributed by atoms with Crippen molar-refractivity contribution in [3.05, 3.63) is 108 Å². The van der Waals surface area contributed by atoms with Crippen molar-refractivity contribution in [2.75, 3.05) is 25.6 Å². The Hall–Kier alpha value is -5.02. The molecule has 11 heteroatoms. The van der Waals surface area contributed by atoms with E-state index in [-0.39, 0.29) is 29.6 Å². The van der Waals surface area contributed by atoms with E-state index in [9.17, 15) is 19.7 Å². The van der Waals surface area contributed by atoms with Crippen LogP contribution in [0.5, 0.6) is 11.6 Å². The molecule has 0 radical (unpaired) electrons. The number of aromatic nitrogens is 4. The van der Waals surface area contributed by atoms with E-state index < -0.39 is 36.6 Å². The van der Waals surface area contributed by atoms with Crippen LogP contribution in [-0.4, -0.2) is 66.9 Å². The molecule has 0 saturated heterocycles. The predicted octanol–water partition coefficient (Wildman–Crippen LogP) is 4.21. The number of aliphatic hydroxyl groups is 3. The molecule has 5 aromatic rings. The van der Waals surface area contributed by atoms with E-state index in [1.54, 1.807) is 14.0 Å². The molecule has 2 aromatic heterocycles. The van der Waals surface area contributed by atoms with Crippen molar-refractivity contribution in [1.29, 1.82) is 0 Å². The summed E-state index contributed by atoms with van der Waals surface area (Å²) in [6.07, 6.45) is 2.30. The van der Waals surface area contributed by atoms with Crippen LogP contribution >= 0.6 is 0 Å². The number of hydrogen-bond donors (Lipinski definition) is 4. The van der Waals surface area contributed by atoms with E-state index in [0.717, 1.165) is 21.3 Å². The Morgan fingerprint density at radius 2 is 1.58 bits per heavy atom. The van der Waals surface area contributed by atoms with Gasteiger partial charge < -0.3 is 30.1 Å². The standard InChI is InChI=1S/C34H34FN5O5/c1-4-33(43,20-26(35)21-41)31(42)40-22-36-28-29(40)37-32(38-30(28)45-5-2)39-34(23-12-8-6-9-13-23,24-14-10-7-11-15-24)25-16-18-27(44-3)19-17-25/h1,6-19,22,26,31,41-43H,5,20-21H2,2-3H3,(H,37,38,39)/t26-,31-,33-/m1/s1. The fraction of sp³-hybridized carbons (Fsp3) is 0.265. The van der Waals surface area contributed by atoms with Crippen LogP contribution in [-0.2, 0) is 5.54 Å². The second-order valence-corrected chi connectivity index (χ2v) is 10.4. The van der Waals surface area contributed by atoms with Gasteiger partial charge in [-0.25, -0.2) is 9.37 Å². The molecular formula is C34H34FN5O5. The summed E-state index contributed by atoms with van der Waals surface area (Å²) >= 11 is 0. The number of terminal acetylenes is 1. The number of rotatable bonds is 13. The van der Waals surface area contributed by atoms with Crippen LogP contribution < -0.4 is 14.8 Å². The first-order chi connectivity index (χ1) is 21.8. The molecule has 0 aliphatic carbocycles. The lowest BCUT2D eigenvalue weighted by molar-refractivity contribution is -0.0905. The summed E-state index contributed by atoms with van der Waals surface area (Å²) in [6.45, 7) is 1.16. The largest absolute Gasteiger partial charge is 0.497 e. The fourth-order valence-electron chi connectivity index (χ4n) is 5.34. The fourth-order valence-corrected chi connectivity index (χ4v) is 5.34. The molecule has 0 amide bonds. The minimum absolute atomic E-state index is 0.0706. The van der Waals surface area contributed by atoms with Gasteiger partial charge >= 0.3 is 0 Å². The monoisotopic (exact) mass is 611 g/mol. The van der Waals surface area contributed by atoms with Crippen molar-refractivity contribution in [1.82, 2.24) is 19.5 Å². The number of nitrogens with zero attached hydrogens (tertiary/aromatic N) is 4. The van der Waals surface area contributed by atoms with Gasteiger partial charge in [0.25, 0.3) is 0 Å². The molecule has 3 aromatic carbocycles. The number of fused-ring (bicyclic) bond motifs is 1. The molecule has 4 N–H and O–H groups in total. The topological polar surface area (TPSA) is 135 Å². The van der Waals surface area contributed by atoms with Gasteiger partial charge in [0.15, 0.2) is 23.0 Å². The molecule has 45 heavy (non-hydrogen) atoms. The Labute approximate surface area is 260 Å². The average Bonchev–Trinajstić information content (AvgIpc) is 3.51. The highest BCUT2D eigenvalue weighted by atomic mass is 19.1. The maximum absolute atomic E-state index is 14.2. The maximum atomic E-state index is 14.2. The average molecular weight is 612 g/mol. The highest BCUT2D eigenvalue weighted by molar-refractivity contribution is 5.78. The predicted molar refractivity (Wildman–Crippen MR) is 168 cm³/mol. The molecule has 0 aliphatic rings. The zero-order valence-electron chi connectivity index (χ0n) is 24.8. The second-order valence-electron chi connectivity index (χ2n) is 10.4. The molecule has 0 unspecified atom stereocenters. The SMILES string of the molecule is C#C[C@@](O)(C[C@@H](F)CO)[C@@H](O)n1cnc2c(OCC)nc(NC(c3ccccc3)(c3ccccc3)c3ccc(OC)cc3)nc21. The van der Waals surface area contributed by atoms with Gasteiger partial charge in [-0.15, -0.1) is 6.42 Å². The molecular weight excluding hydrogens is 577 g/mol. The number of alkyl halides is 1. The summed E-state index contributed by atoms with van der Waals surface area (Å²) in [7, 11) is 1.60. The van der Waals surface area contributed by atoms with Crippen molar-refractivity contribution in [3.8, 4) is 24.0 Å². The number of benzene rings is 3. The lowest BCUT2D eigenvalue weighted by Crippen LogP contribution is -2.41. The van der Waals surface area contributed by atoms with Gasteiger partial charge in [-0.2, -0.15) is 9.97 Å². The summed E-state index contributed by atoms with van der Waals surface area (Å²) < 4.78 is 26.6. The third kappa shape index (κ3) is 6.04. The minimum Gasteiger partial charge on any atom is -0.497 e. The highest BCUT2D eigenvalue weighted by Gasteiger charge is 2.40. The molecule has 0 aliphatic heterocycles. The Balaban J connectivity index is 1.74. The molecule has 10 nitrogen and oxygen atoms in total. The number of aliphatic hydroxyl groups excluding tert-OH is 2. The molecule has 0 bridgehead atoms. The Kier molecular flexibility index (Phi) is 9.29. The van der Waals surface area contributed by atoms with Crippen molar-refractivity contribution in [3.63, 3.8) is 0 Å². The van der Waals surface area contributed by atoms with E-state index >= 15 is 0 Å². The Morgan fingerprint density at radius 1 is 0.978 bits per heavy atom. The molecule has 0 spiro atoms. The molecule has 0 fully saturated rings. The summed E-state index contributed by atoms with van der Waals surface area (Å²) in [6, 6.07) is 27.2. The van der Waals surface area contributed by atoms with E-state index in [4.69, 9.17) is 20.9 Å². The summed E-state index contributed by atoms with van der Waals surface area (Å²) in [4.78, 5) is 13.7. The smallest absolute Gasteiger partial charge is 0.247 e. The van der Waals surface area contributed by atoms with Crippen molar-refractivity contribution >= 4 is 17.1 Å². The van der Waals surface area contributed by atoms with E-state index in [1.807, 2.05) is 84.9 Å². The normalized spacial score (nSPS) is 14.2. The van der Waals surface area contributed by atoms with Crippen LogP contribution in [0.1, 0.15) is 36.3 Å². The maximum Gasteiger partial charge on any atom is 0.247 e. The van der Waals surface area contributed by atoms with Crippen LogP contribution in [0.25, 0.3) is 11.2 Å². The third-order valence-electron chi connectivity index (χ3n) is 7.58. The van der Waals surface area contributed by atoms with Gasteiger partial charge in [-0.05, 0) is 35.7 Å². The van der Waals surface area contributed by atoms with E-state index in [2.05, 4.69) is 21.2 Å². The van der Waals surface area contributed by atoms with Gasteiger partial charge in [0, 0.05) is 6.42 Å².